The highest BCUT2D eigenvalue weighted by Crippen LogP contribution is 2.36. The van der Waals surface area contributed by atoms with Crippen LogP contribution in [0.3, 0.4) is 0 Å². The normalized spacial score (nSPS) is 18.8. The van der Waals surface area contributed by atoms with Gasteiger partial charge < -0.3 is 19.7 Å². The van der Waals surface area contributed by atoms with E-state index in [0.717, 1.165) is 0 Å². The Bertz CT molecular complexity index is 1220. The number of hydrogen-bond donors (Lipinski definition) is 1. The first-order chi connectivity index (χ1) is 17.6. The Kier molecular flexibility index (Phi) is 8.15. The molecule has 1 aromatic heterocycles. The Morgan fingerprint density at radius 3 is 2.57 bits per heavy atom. The average Bonchev–Trinajstić information content (AvgIpc) is 3.38. The minimum atomic E-state index is -0.821. The van der Waals surface area contributed by atoms with Crippen LogP contribution in [0.2, 0.25) is 5.02 Å². The van der Waals surface area contributed by atoms with Crippen molar-refractivity contribution < 1.29 is 23.5 Å². The van der Waals surface area contributed by atoms with Gasteiger partial charge in [0.05, 0.1) is 12.7 Å². The van der Waals surface area contributed by atoms with Gasteiger partial charge in [-0.2, -0.15) is 0 Å². The average molecular weight is 550 g/mol. The van der Waals surface area contributed by atoms with Gasteiger partial charge in [-0.3, -0.25) is 9.89 Å². The van der Waals surface area contributed by atoms with E-state index in [9.17, 15) is 14.0 Å². The quantitative estimate of drug-likeness (QED) is 0.563. The molecular weight excluding hydrogens is 521 g/mol. The predicted octanol–water partition coefficient (Wildman–Crippen LogP) is 4.01. The van der Waals surface area contributed by atoms with Crippen molar-refractivity contribution in [2.45, 2.75) is 32.4 Å². The molecule has 1 saturated heterocycles. The Morgan fingerprint density at radius 1 is 1.24 bits per heavy atom. The first kappa shape index (κ1) is 27.0. The summed E-state index contributed by atoms with van der Waals surface area (Å²) in [6, 6.07) is 3.18. The number of amidine groups is 1. The fourth-order valence-electron chi connectivity index (χ4n) is 4.11. The third-order valence-corrected chi connectivity index (χ3v) is 6.94. The largest absolute Gasteiger partial charge is 0.466 e. The lowest BCUT2D eigenvalue weighted by atomic mass is 9.95. The molecule has 4 rings (SSSR count). The summed E-state index contributed by atoms with van der Waals surface area (Å²) >= 11 is 7.80. The van der Waals surface area contributed by atoms with Gasteiger partial charge in [-0.05, 0) is 32.9 Å². The van der Waals surface area contributed by atoms with Gasteiger partial charge >= 0.3 is 12.1 Å². The molecular formula is C25H29ClFN5O4S. The second kappa shape index (κ2) is 11.2. The van der Waals surface area contributed by atoms with E-state index in [2.05, 4.69) is 15.2 Å². The summed E-state index contributed by atoms with van der Waals surface area (Å²) in [5.41, 5.74) is 0.781. The molecule has 0 bridgehead atoms. The van der Waals surface area contributed by atoms with Gasteiger partial charge in [0.15, 0.2) is 10.8 Å². The molecule has 2 aliphatic heterocycles. The Hall–Kier alpha value is -3.02. The molecule has 3 heterocycles. The molecule has 0 radical (unpaired) electrons. The van der Waals surface area contributed by atoms with Crippen LogP contribution in [0.4, 0.5) is 9.18 Å². The maximum Gasteiger partial charge on any atom is 0.410 e. The van der Waals surface area contributed by atoms with Gasteiger partial charge in [0.1, 0.15) is 17.5 Å². The van der Waals surface area contributed by atoms with Crippen LogP contribution >= 0.6 is 22.9 Å². The van der Waals surface area contributed by atoms with Crippen molar-refractivity contribution >= 4 is 40.8 Å². The van der Waals surface area contributed by atoms with Crippen LogP contribution in [0.25, 0.3) is 0 Å². The van der Waals surface area contributed by atoms with E-state index in [1.54, 1.807) is 11.1 Å². The molecule has 1 N–H and O–H groups in total. The van der Waals surface area contributed by atoms with E-state index in [4.69, 9.17) is 26.1 Å². The smallest absolute Gasteiger partial charge is 0.410 e. The zero-order valence-electron chi connectivity index (χ0n) is 21.1. The zero-order chi connectivity index (χ0) is 26.7. The number of aliphatic imine (C=N–C) groups is 1. The number of methoxy groups -OCH3 is 1. The molecule has 198 valence electrons. The van der Waals surface area contributed by atoms with Crippen LogP contribution in [-0.2, 0) is 14.3 Å². The van der Waals surface area contributed by atoms with Crippen LogP contribution in [0.1, 0.15) is 37.4 Å². The molecule has 0 spiro atoms. The number of benzene rings is 1. The van der Waals surface area contributed by atoms with Gasteiger partial charge in [0.2, 0.25) is 0 Å². The van der Waals surface area contributed by atoms with Crippen LogP contribution < -0.4 is 5.32 Å². The molecule has 1 fully saturated rings. The number of nitrogens with zero attached hydrogens (tertiary/aromatic N) is 4. The van der Waals surface area contributed by atoms with Gasteiger partial charge in [-0.25, -0.2) is 19.0 Å². The van der Waals surface area contributed by atoms with E-state index < -0.39 is 23.4 Å². The van der Waals surface area contributed by atoms with Crippen LogP contribution in [0.5, 0.6) is 0 Å². The molecule has 0 unspecified atom stereocenters. The molecule has 1 aromatic carbocycles. The molecule has 37 heavy (non-hydrogen) atoms. The molecule has 0 aliphatic carbocycles. The number of rotatable bonds is 5. The third kappa shape index (κ3) is 6.46. The van der Waals surface area contributed by atoms with Crippen molar-refractivity contribution in [3.63, 3.8) is 0 Å². The number of carbonyl (C=O) groups is 2. The van der Waals surface area contributed by atoms with Crippen molar-refractivity contribution in [2.24, 2.45) is 4.99 Å². The number of piperazine rings is 1. The molecule has 2 aromatic rings. The van der Waals surface area contributed by atoms with Crippen molar-refractivity contribution in [2.75, 3.05) is 39.8 Å². The zero-order valence-corrected chi connectivity index (χ0v) is 22.7. The Labute approximate surface area is 223 Å². The summed E-state index contributed by atoms with van der Waals surface area (Å²) in [6.07, 6.45) is 1.32. The Morgan fingerprint density at radius 2 is 1.97 bits per heavy atom. The topological polar surface area (TPSA) is 96.4 Å². The monoisotopic (exact) mass is 549 g/mol. The predicted molar refractivity (Wildman–Crippen MR) is 139 cm³/mol. The van der Waals surface area contributed by atoms with Crippen LogP contribution in [0.15, 0.2) is 46.0 Å². The second-order valence-corrected chi connectivity index (χ2v) is 10.9. The van der Waals surface area contributed by atoms with Crippen LogP contribution in [0, 0.1) is 5.82 Å². The number of hydrogen-bond acceptors (Lipinski definition) is 9. The molecule has 0 saturated carbocycles. The number of amides is 1. The van der Waals surface area contributed by atoms with E-state index in [1.165, 1.54) is 36.6 Å². The molecule has 1 atom stereocenters. The summed E-state index contributed by atoms with van der Waals surface area (Å²) in [4.78, 5) is 38.4. The third-order valence-electron chi connectivity index (χ3n) is 5.83. The first-order valence-electron chi connectivity index (χ1n) is 11.8. The highest BCUT2D eigenvalue weighted by Gasteiger charge is 2.35. The summed E-state index contributed by atoms with van der Waals surface area (Å²) in [6.45, 7) is 7.99. The maximum absolute atomic E-state index is 13.8. The fourth-order valence-corrected chi connectivity index (χ4v) is 4.97. The summed E-state index contributed by atoms with van der Waals surface area (Å²) in [5, 5.41) is 5.90. The minimum Gasteiger partial charge on any atom is -0.466 e. The lowest BCUT2D eigenvalue weighted by molar-refractivity contribution is -0.136. The number of carbonyl (C=O) groups excluding carboxylic acids is 2. The summed E-state index contributed by atoms with van der Waals surface area (Å²) in [7, 11) is 1.30. The Balaban J connectivity index is 1.63. The van der Waals surface area contributed by atoms with E-state index in [0.29, 0.717) is 54.8 Å². The SMILES string of the molecule is COC(=O)C1=C(CN2CCN(C(=O)OC(C)(C)C)CC2)NC(c2nccs2)=N[C@H]1c1ccc(F)cc1Cl. The van der Waals surface area contributed by atoms with Gasteiger partial charge in [0, 0.05) is 60.6 Å². The second-order valence-electron chi connectivity index (χ2n) is 9.64. The molecule has 2 aliphatic rings. The van der Waals surface area contributed by atoms with Gasteiger partial charge in [-0.15, -0.1) is 11.3 Å². The highest BCUT2D eigenvalue weighted by atomic mass is 35.5. The lowest BCUT2D eigenvalue weighted by Gasteiger charge is -2.37. The van der Waals surface area contributed by atoms with Gasteiger partial charge in [-0.1, -0.05) is 17.7 Å². The van der Waals surface area contributed by atoms with E-state index >= 15 is 0 Å². The number of thiazole rings is 1. The number of nitrogens with one attached hydrogen (secondary N) is 1. The number of ether oxygens (including phenoxy) is 2. The lowest BCUT2D eigenvalue weighted by Crippen LogP contribution is -2.51. The van der Waals surface area contributed by atoms with E-state index in [1.807, 2.05) is 26.2 Å². The van der Waals surface area contributed by atoms with Crippen molar-refractivity contribution in [3.8, 4) is 0 Å². The van der Waals surface area contributed by atoms with E-state index in [-0.39, 0.29) is 16.7 Å². The molecule has 12 heteroatoms. The number of halogens is 2. The van der Waals surface area contributed by atoms with Crippen molar-refractivity contribution in [3.05, 3.63) is 62.5 Å². The summed E-state index contributed by atoms with van der Waals surface area (Å²) < 4.78 is 24.4. The number of aromatic nitrogens is 1. The molecule has 9 nitrogen and oxygen atoms in total. The minimum absolute atomic E-state index is 0.154. The summed E-state index contributed by atoms with van der Waals surface area (Å²) in [5.74, 6) is -0.573. The van der Waals surface area contributed by atoms with Gasteiger partial charge in [0.25, 0.3) is 0 Å². The van der Waals surface area contributed by atoms with Crippen molar-refractivity contribution in [1.29, 1.82) is 0 Å². The maximum atomic E-state index is 13.8. The standard InChI is InChI=1S/C25H29ClFN5O4S/c1-25(2,3)36-24(34)32-10-8-31(9-11-32)14-18-19(23(33)35-4)20(16-6-5-15(27)13-17(16)26)30-21(29-18)22-28-7-12-37-22/h5-7,12-13,20H,8-11,14H2,1-4H3,(H,29,30)/t20-/m0/s1. The molecule has 1 amide bonds. The fraction of sp³-hybridized carbons (Fsp3) is 0.440. The highest BCUT2D eigenvalue weighted by molar-refractivity contribution is 7.11. The van der Waals surface area contributed by atoms with Crippen molar-refractivity contribution in [1.82, 2.24) is 20.1 Å². The first-order valence-corrected chi connectivity index (χ1v) is 13.0. The number of esters is 1. The van der Waals surface area contributed by atoms with Crippen LogP contribution in [-0.4, -0.2) is 78.1 Å².